The quantitative estimate of drug-likeness (QED) is 0.637. The molecular formula is C22H31N3O5. The highest BCUT2D eigenvalue weighted by atomic mass is 16.5. The van der Waals surface area contributed by atoms with E-state index in [1.54, 1.807) is 43.4 Å². The molecule has 1 aromatic carbocycles. The first-order chi connectivity index (χ1) is 14.2. The van der Waals surface area contributed by atoms with Crippen LogP contribution in [0.4, 0.5) is 0 Å². The molecule has 0 bridgehead atoms. The minimum Gasteiger partial charge on any atom is -0.497 e. The second kappa shape index (κ2) is 10.7. The Labute approximate surface area is 177 Å². The Morgan fingerprint density at radius 1 is 1.13 bits per heavy atom. The Morgan fingerprint density at radius 2 is 1.87 bits per heavy atom. The zero-order valence-electron chi connectivity index (χ0n) is 18.5. The normalized spacial score (nSPS) is 10.9. The second-order valence-corrected chi connectivity index (χ2v) is 7.76. The van der Waals surface area contributed by atoms with Crippen LogP contribution in [0.3, 0.4) is 0 Å². The van der Waals surface area contributed by atoms with Crippen LogP contribution in [-0.4, -0.2) is 55.2 Å². The molecule has 0 atom stereocenters. The summed E-state index contributed by atoms with van der Waals surface area (Å²) in [5.41, 5.74) is 0.815. The molecule has 0 fully saturated rings. The number of nitrogens with zero attached hydrogens (tertiary/aromatic N) is 2. The zero-order valence-corrected chi connectivity index (χ0v) is 18.5. The third kappa shape index (κ3) is 6.23. The average Bonchev–Trinajstić information content (AvgIpc) is 3.19. The molecule has 0 saturated carbocycles. The molecule has 2 amide bonds. The van der Waals surface area contributed by atoms with Crippen LogP contribution in [0, 0.1) is 5.92 Å². The van der Waals surface area contributed by atoms with Crippen molar-refractivity contribution in [3.63, 3.8) is 0 Å². The van der Waals surface area contributed by atoms with Crippen LogP contribution in [0.5, 0.6) is 11.5 Å². The van der Waals surface area contributed by atoms with Crippen LogP contribution >= 0.6 is 0 Å². The molecule has 1 heterocycles. The summed E-state index contributed by atoms with van der Waals surface area (Å²) >= 11 is 0. The number of carbonyl (C=O) groups is 2. The largest absolute Gasteiger partial charge is 0.497 e. The van der Waals surface area contributed by atoms with E-state index < -0.39 is 0 Å². The van der Waals surface area contributed by atoms with Crippen molar-refractivity contribution < 1.29 is 23.6 Å². The number of rotatable bonds is 10. The number of aromatic nitrogens is 1. The summed E-state index contributed by atoms with van der Waals surface area (Å²) in [6, 6.07) is 6.94. The number of methoxy groups -OCH3 is 2. The third-order valence-corrected chi connectivity index (χ3v) is 4.33. The maximum absolute atomic E-state index is 13.1. The van der Waals surface area contributed by atoms with E-state index in [1.165, 1.54) is 0 Å². The number of hydrogen-bond acceptors (Lipinski definition) is 6. The summed E-state index contributed by atoms with van der Waals surface area (Å²) in [5.74, 6) is 1.48. The summed E-state index contributed by atoms with van der Waals surface area (Å²) < 4.78 is 16.1. The van der Waals surface area contributed by atoms with Gasteiger partial charge >= 0.3 is 0 Å². The fourth-order valence-electron chi connectivity index (χ4n) is 3.02. The Hall–Kier alpha value is -3.03. The lowest BCUT2D eigenvalue weighted by Crippen LogP contribution is -2.38. The topological polar surface area (TPSA) is 93.9 Å². The van der Waals surface area contributed by atoms with Gasteiger partial charge in [0.15, 0.2) is 11.5 Å². The molecule has 1 N–H and O–H groups in total. The van der Waals surface area contributed by atoms with Gasteiger partial charge in [-0.25, -0.2) is 0 Å². The first kappa shape index (κ1) is 23.3. The SMILES string of the molecule is COc1ccc(OC)c(-c2cc(C(=O)N(CCC(=O)NC(C)C)CC(C)C)no2)c1. The fraction of sp³-hybridized carbons (Fsp3) is 0.500. The number of ether oxygens (including phenoxy) is 2. The molecule has 8 nitrogen and oxygen atoms in total. The zero-order chi connectivity index (χ0) is 22.3. The van der Waals surface area contributed by atoms with E-state index in [-0.39, 0.29) is 35.9 Å². The summed E-state index contributed by atoms with van der Waals surface area (Å²) in [5, 5.41) is 6.81. The molecule has 30 heavy (non-hydrogen) atoms. The van der Waals surface area contributed by atoms with Gasteiger partial charge in [-0.2, -0.15) is 0 Å². The first-order valence-corrected chi connectivity index (χ1v) is 10.0. The minimum absolute atomic E-state index is 0.0580. The van der Waals surface area contributed by atoms with Crippen LogP contribution < -0.4 is 14.8 Å². The van der Waals surface area contributed by atoms with Gasteiger partial charge in [-0.1, -0.05) is 19.0 Å². The van der Waals surface area contributed by atoms with Crippen molar-refractivity contribution in [1.82, 2.24) is 15.4 Å². The predicted molar refractivity (Wildman–Crippen MR) is 114 cm³/mol. The van der Waals surface area contributed by atoms with Crippen LogP contribution in [0.2, 0.25) is 0 Å². The van der Waals surface area contributed by atoms with E-state index in [4.69, 9.17) is 14.0 Å². The lowest BCUT2D eigenvalue weighted by Gasteiger charge is -2.23. The van der Waals surface area contributed by atoms with Crippen LogP contribution in [0.15, 0.2) is 28.8 Å². The molecule has 0 spiro atoms. The molecule has 0 saturated heterocycles. The Balaban J connectivity index is 2.22. The third-order valence-electron chi connectivity index (χ3n) is 4.33. The lowest BCUT2D eigenvalue weighted by molar-refractivity contribution is -0.121. The van der Waals surface area contributed by atoms with E-state index in [9.17, 15) is 9.59 Å². The highest BCUT2D eigenvalue weighted by Gasteiger charge is 2.23. The number of benzene rings is 1. The number of amides is 2. The number of nitrogens with one attached hydrogen (secondary N) is 1. The molecule has 164 valence electrons. The standard InChI is InChI=1S/C22H31N3O5/c1-14(2)13-25(10-9-21(26)23-15(3)4)22(27)18-12-20(30-24-18)17-11-16(28-5)7-8-19(17)29-6/h7-8,11-12,14-15H,9-10,13H2,1-6H3,(H,23,26). The van der Waals surface area contributed by atoms with E-state index in [0.29, 0.717) is 35.9 Å². The van der Waals surface area contributed by atoms with Crippen LogP contribution in [0.25, 0.3) is 11.3 Å². The molecule has 0 aliphatic heterocycles. The maximum Gasteiger partial charge on any atom is 0.276 e. The molecule has 0 radical (unpaired) electrons. The first-order valence-electron chi connectivity index (χ1n) is 10.0. The Morgan fingerprint density at radius 3 is 2.47 bits per heavy atom. The van der Waals surface area contributed by atoms with E-state index in [0.717, 1.165) is 0 Å². The van der Waals surface area contributed by atoms with Crippen LogP contribution in [-0.2, 0) is 4.79 Å². The Bertz CT molecular complexity index is 860. The van der Waals surface area contributed by atoms with Gasteiger partial charge < -0.3 is 24.2 Å². The van der Waals surface area contributed by atoms with Gasteiger partial charge in [0.05, 0.1) is 19.8 Å². The van der Waals surface area contributed by atoms with Crippen molar-refractivity contribution in [3.05, 3.63) is 30.0 Å². The van der Waals surface area contributed by atoms with Gasteiger partial charge in [0.1, 0.15) is 11.5 Å². The minimum atomic E-state index is -0.280. The monoisotopic (exact) mass is 417 g/mol. The van der Waals surface area contributed by atoms with Gasteiger partial charge in [0.25, 0.3) is 5.91 Å². The fourth-order valence-corrected chi connectivity index (χ4v) is 3.02. The van der Waals surface area contributed by atoms with Crippen molar-refractivity contribution in [1.29, 1.82) is 0 Å². The van der Waals surface area contributed by atoms with E-state index >= 15 is 0 Å². The summed E-state index contributed by atoms with van der Waals surface area (Å²) in [4.78, 5) is 26.7. The molecule has 0 aliphatic rings. The highest BCUT2D eigenvalue weighted by Crippen LogP contribution is 2.33. The molecule has 1 aromatic heterocycles. The Kier molecular flexibility index (Phi) is 8.26. The van der Waals surface area contributed by atoms with Gasteiger partial charge in [-0.05, 0) is 38.0 Å². The number of carbonyl (C=O) groups excluding carboxylic acids is 2. The van der Waals surface area contributed by atoms with Crippen molar-refractivity contribution in [2.75, 3.05) is 27.3 Å². The van der Waals surface area contributed by atoms with Crippen LogP contribution in [0.1, 0.15) is 44.6 Å². The van der Waals surface area contributed by atoms with Crippen molar-refractivity contribution in [2.24, 2.45) is 5.92 Å². The predicted octanol–water partition coefficient (Wildman–Crippen LogP) is 3.37. The van der Waals surface area contributed by atoms with Gasteiger partial charge in [0, 0.05) is 31.6 Å². The highest BCUT2D eigenvalue weighted by molar-refractivity contribution is 5.93. The van der Waals surface area contributed by atoms with Crippen molar-refractivity contribution in [3.8, 4) is 22.8 Å². The smallest absolute Gasteiger partial charge is 0.276 e. The van der Waals surface area contributed by atoms with E-state index in [2.05, 4.69) is 10.5 Å². The molecule has 8 heteroatoms. The molecular weight excluding hydrogens is 386 g/mol. The molecule has 2 aromatic rings. The molecule has 2 rings (SSSR count). The maximum atomic E-state index is 13.1. The van der Waals surface area contributed by atoms with E-state index in [1.807, 2.05) is 27.7 Å². The van der Waals surface area contributed by atoms with Gasteiger partial charge in [-0.15, -0.1) is 0 Å². The average molecular weight is 418 g/mol. The summed E-state index contributed by atoms with van der Waals surface area (Å²) in [6.07, 6.45) is 0.227. The van der Waals surface area contributed by atoms with Crippen molar-refractivity contribution >= 4 is 11.8 Å². The lowest BCUT2D eigenvalue weighted by atomic mass is 10.1. The van der Waals surface area contributed by atoms with Gasteiger partial charge in [-0.3, -0.25) is 9.59 Å². The van der Waals surface area contributed by atoms with Crippen molar-refractivity contribution in [2.45, 2.75) is 40.2 Å². The summed E-state index contributed by atoms with van der Waals surface area (Å²) in [6.45, 7) is 8.66. The van der Waals surface area contributed by atoms with Gasteiger partial charge in [0.2, 0.25) is 5.91 Å². The molecule has 0 aliphatic carbocycles. The second-order valence-electron chi connectivity index (χ2n) is 7.76. The summed E-state index contributed by atoms with van der Waals surface area (Å²) in [7, 11) is 3.13. The molecule has 0 unspecified atom stereocenters. The number of hydrogen-bond donors (Lipinski definition) is 1.